The molecule has 0 radical (unpaired) electrons. The predicted octanol–water partition coefficient (Wildman–Crippen LogP) is 31.7. The fourth-order valence-electron chi connectivity index (χ4n) is 14.6. The number of hydrogen-bond donors (Lipinski definition) is 3. The van der Waals surface area contributed by atoms with Crippen molar-refractivity contribution in [3.05, 3.63) is 436 Å². The van der Waals surface area contributed by atoms with Gasteiger partial charge in [0.05, 0.1) is 60.1 Å². The minimum atomic E-state index is 0.360. The number of furan rings is 1. The Hall–Kier alpha value is -13.4. The average Bonchev–Trinajstić information content (AvgIpc) is 1.84. The molecule has 24 heteroatoms. The molecule has 0 fully saturated rings. The summed E-state index contributed by atoms with van der Waals surface area (Å²) < 4.78 is 53.6. The number of ether oxygens (including phenoxy) is 8. The second kappa shape index (κ2) is 56.0. The van der Waals surface area contributed by atoms with Gasteiger partial charge in [0.15, 0.2) is 35.0 Å². The Morgan fingerprint density at radius 1 is 0.271 bits per heavy atom. The van der Waals surface area contributed by atoms with E-state index in [9.17, 15) is 0 Å². The van der Waals surface area contributed by atoms with Crippen LogP contribution in [0.15, 0.2) is 462 Å². The number of hydrogen-bond acceptors (Lipinski definition) is 21. The van der Waals surface area contributed by atoms with Crippen LogP contribution in [0.25, 0.3) is 65.0 Å². The molecule has 16 nitrogen and oxygen atoms in total. The number of aromatic nitrogens is 6. The van der Waals surface area contributed by atoms with Crippen LogP contribution in [-0.4, -0.2) is 104 Å². The van der Waals surface area contributed by atoms with Gasteiger partial charge in [-0.2, -0.15) is 5.10 Å². The molecule has 0 unspecified atom stereocenters. The Morgan fingerprint density at radius 2 is 0.750 bits per heavy atom. The highest BCUT2D eigenvalue weighted by Gasteiger charge is 2.16. The van der Waals surface area contributed by atoms with E-state index in [1.165, 1.54) is 114 Å². The van der Waals surface area contributed by atoms with Crippen LogP contribution in [0.1, 0.15) is 29.5 Å². The van der Waals surface area contributed by atoms with Crippen molar-refractivity contribution in [1.29, 1.82) is 0 Å². The molecular formula is C116H106N6O10S8. The molecule has 0 saturated heterocycles. The molecular weight excluding hydrogens is 1890 g/mol. The zero-order valence-electron chi connectivity index (χ0n) is 77.0. The number of nitrogens with zero attached hydrogens (tertiary/aromatic N) is 3. The molecule has 15 aromatic carbocycles. The molecule has 3 N–H and O–H groups in total. The van der Waals surface area contributed by atoms with Crippen LogP contribution in [0.3, 0.4) is 0 Å². The minimum absolute atomic E-state index is 0.360. The van der Waals surface area contributed by atoms with Crippen molar-refractivity contribution in [2.45, 2.75) is 66.4 Å². The van der Waals surface area contributed by atoms with Crippen molar-refractivity contribution in [2.75, 3.05) is 73.9 Å². The number of aromatic amines is 3. The van der Waals surface area contributed by atoms with E-state index in [4.69, 9.17) is 46.7 Å². The van der Waals surface area contributed by atoms with E-state index in [1.807, 2.05) is 313 Å². The lowest BCUT2D eigenvalue weighted by Crippen LogP contribution is -2.14. The van der Waals surface area contributed by atoms with Gasteiger partial charge in [-0.25, -0.2) is 9.97 Å². The van der Waals surface area contributed by atoms with Crippen molar-refractivity contribution >= 4 is 159 Å². The molecule has 0 spiro atoms. The van der Waals surface area contributed by atoms with Gasteiger partial charge in [-0.05, 0) is 222 Å². The monoisotopic (exact) mass is 2000 g/mol. The molecule has 6 aromatic heterocycles. The third-order valence-corrected chi connectivity index (χ3v) is 30.5. The number of aryl methyl sites for hydroxylation is 2. The van der Waals surface area contributed by atoms with Gasteiger partial charge in [-0.1, -0.05) is 236 Å². The first-order chi connectivity index (χ1) is 69.5. The largest absolute Gasteiger partial charge is 0.493 e. The smallest absolute Gasteiger partial charge is 0.231 e. The number of para-hydroxylation sites is 15. The fraction of sp³-hybridized carbons (Fsp3) is 0.147. The molecule has 0 atom stereocenters. The number of nitrogens with one attached hydrogen (secondary N) is 3. The number of thioether (sulfide) groups is 7. The summed E-state index contributed by atoms with van der Waals surface area (Å²) in [5.74, 6) is 13.3. The standard InChI is InChI=1S/C9H10O.C9H10S.C8H7N.C8H8O2.C8H8OS.C8H8O.C8H6O.C8H8S2.C8H6S.2C7H6N2.C7H5NO.C7H6O2.C7H6OS.C7H6S2/c2*1-2-6-9-8(4-1)5-3-7-10-9;1-2-4-8-7(3-1)5-6-9-8;2*1-2-4-8-7(3-1)9-5-6-10-8;2*1-2-4-8-7(3-1)5-6-9-8;1-2-4-8-7(3-1)9-5-6-10-8;1-2-4-8-7(3-1)5-6-9-8;1-2-4-7-6(3-1)8-5-9-7;1-2-4-7-6(3-1)5-8-9-7;4*1-2-4-7-6(3-1)8-5-9-7/h2*1-2,4,6H,3,5,7H2;1-6,9H;2*1-4H,5-6H2;1-4H,5-6H2;1-6H;1-4H,5-6H2;1-6H;2*1-5H,(H,8,9);1-5H;3*1-4H,5H2. The Labute approximate surface area is 850 Å². The molecule has 21 aromatic rings. The van der Waals surface area contributed by atoms with Crippen molar-refractivity contribution in [1.82, 2.24) is 30.1 Å². The van der Waals surface area contributed by atoms with E-state index in [0.29, 0.717) is 20.0 Å². The van der Waals surface area contributed by atoms with Gasteiger partial charge < -0.3 is 56.7 Å². The van der Waals surface area contributed by atoms with Gasteiger partial charge in [-0.3, -0.25) is 5.10 Å². The van der Waals surface area contributed by atoms with Crippen LogP contribution in [-0.2, 0) is 19.3 Å². The summed E-state index contributed by atoms with van der Waals surface area (Å²) in [6.45, 7) is 4.28. The lowest BCUT2D eigenvalue weighted by molar-refractivity contribution is 0.171. The number of benzene rings is 15. The van der Waals surface area contributed by atoms with Gasteiger partial charge >= 0.3 is 0 Å². The minimum Gasteiger partial charge on any atom is -0.493 e. The molecule has 708 valence electrons. The molecule has 140 heavy (non-hydrogen) atoms. The SMILES string of the molecule is c1ccc2[nH]ccc2c1.c1ccc2[nH]cnc2c1.c1ccc2[nH]ncc2c1.c1ccc2c(c1)CCCO2.c1ccc2c(c1)CCCS2.c1ccc2c(c1)CCO2.c1ccc2c(c1)OCCO2.c1ccc2c(c1)OCCS2.c1ccc2c(c1)OCO2.c1ccc2c(c1)OCS2.c1ccc2c(c1)SCCS2.c1ccc2c(c1)SCS2.c1ccc2occc2c1.c1ccc2ocnc2c1.c1ccc2sccc2c1. The van der Waals surface area contributed by atoms with E-state index in [1.54, 1.807) is 41.3 Å². The maximum atomic E-state index is 5.42. The average molecular weight is 2000 g/mol. The second-order valence-corrected chi connectivity index (χ2v) is 39.9. The summed E-state index contributed by atoms with van der Waals surface area (Å²) in [5.41, 5.74) is 11.4. The molecule has 0 amide bonds. The first-order valence-electron chi connectivity index (χ1n) is 46.1. The lowest BCUT2D eigenvalue weighted by Gasteiger charge is -2.17. The van der Waals surface area contributed by atoms with E-state index in [-0.39, 0.29) is 0 Å². The van der Waals surface area contributed by atoms with E-state index < -0.39 is 0 Å². The highest BCUT2D eigenvalue weighted by Crippen LogP contribution is 2.42. The highest BCUT2D eigenvalue weighted by molar-refractivity contribution is 8.18. The Balaban J connectivity index is 0.000000108. The van der Waals surface area contributed by atoms with Crippen molar-refractivity contribution in [3.8, 4) is 46.0 Å². The Bertz CT molecular complexity index is 5840. The van der Waals surface area contributed by atoms with E-state index in [2.05, 4.69) is 187 Å². The molecule has 30 rings (SSSR count). The van der Waals surface area contributed by atoms with Gasteiger partial charge in [0.1, 0.15) is 53.3 Å². The lowest BCUT2D eigenvalue weighted by atomic mass is 10.1. The molecule has 9 aliphatic rings. The Morgan fingerprint density at radius 3 is 1.36 bits per heavy atom. The number of H-pyrrole nitrogens is 3. The zero-order chi connectivity index (χ0) is 95.1. The van der Waals surface area contributed by atoms with Crippen LogP contribution in [0, 0.1) is 0 Å². The van der Waals surface area contributed by atoms with Crippen LogP contribution < -0.4 is 37.9 Å². The third kappa shape index (κ3) is 31.3. The molecule has 0 saturated carbocycles. The van der Waals surface area contributed by atoms with Crippen LogP contribution >= 0.6 is 93.7 Å². The summed E-state index contributed by atoms with van der Waals surface area (Å²) >= 11 is 15.2. The predicted molar refractivity (Wildman–Crippen MR) is 585 cm³/mol. The molecule has 0 bridgehead atoms. The maximum Gasteiger partial charge on any atom is 0.231 e. The van der Waals surface area contributed by atoms with Crippen LogP contribution in [0.2, 0.25) is 0 Å². The normalized spacial score (nSPS) is 13.3. The number of imidazole rings is 1. The summed E-state index contributed by atoms with van der Waals surface area (Å²) in [4.78, 5) is 24.0. The van der Waals surface area contributed by atoms with Gasteiger partial charge in [-0.15, -0.1) is 81.9 Å². The first kappa shape index (κ1) is 99.6. The Kier molecular flexibility index (Phi) is 39.8. The zero-order valence-corrected chi connectivity index (χ0v) is 83.6. The number of oxazole rings is 1. The van der Waals surface area contributed by atoms with Crippen molar-refractivity contribution in [2.24, 2.45) is 0 Å². The summed E-state index contributed by atoms with van der Waals surface area (Å²) in [6.07, 6.45) is 14.7. The van der Waals surface area contributed by atoms with E-state index >= 15 is 0 Å². The third-order valence-electron chi connectivity index (χ3n) is 21.5. The van der Waals surface area contributed by atoms with Crippen molar-refractivity contribution < 1.29 is 46.7 Å². The first-order valence-corrected chi connectivity index (χ1v) is 53.9. The summed E-state index contributed by atoms with van der Waals surface area (Å²) in [5, 5.41) is 15.0. The molecule has 9 aliphatic heterocycles. The summed E-state index contributed by atoms with van der Waals surface area (Å²) in [7, 11) is 0. The second-order valence-electron chi connectivity index (χ2n) is 31.0. The van der Waals surface area contributed by atoms with Gasteiger partial charge in [0, 0.05) is 85.3 Å². The number of fused-ring (bicyclic) bond motifs is 15. The molecule has 15 heterocycles. The molecule has 0 aliphatic carbocycles. The van der Waals surface area contributed by atoms with Crippen LogP contribution in [0.5, 0.6) is 46.0 Å². The summed E-state index contributed by atoms with van der Waals surface area (Å²) in [6, 6.07) is 128. The van der Waals surface area contributed by atoms with E-state index in [0.717, 1.165) is 134 Å². The number of thiophene rings is 1. The number of rotatable bonds is 0. The van der Waals surface area contributed by atoms with Gasteiger partial charge in [0.2, 0.25) is 6.79 Å². The van der Waals surface area contributed by atoms with Crippen LogP contribution in [0.4, 0.5) is 0 Å². The van der Waals surface area contributed by atoms with Crippen molar-refractivity contribution in [3.63, 3.8) is 0 Å². The van der Waals surface area contributed by atoms with Gasteiger partial charge in [0.25, 0.3) is 0 Å². The highest BCUT2D eigenvalue weighted by atomic mass is 32.2. The maximum absolute atomic E-state index is 5.42. The topological polar surface area (TPSA) is 186 Å². The fourth-order valence-corrected chi connectivity index (χ4v) is 22.6. The quantitative estimate of drug-likeness (QED) is 0.130.